The van der Waals surface area contributed by atoms with Gasteiger partial charge in [-0.2, -0.15) is 4.31 Å². The molecule has 1 aromatic heterocycles. The Morgan fingerprint density at radius 3 is 2.69 bits per heavy atom. The summed E-state index contributed by atoms with van der Waals surface area (Å²) in [4.78, 5) is 24.1. The van der Waals surface area contributed by atoms with Gasteiger partial charge in [0.25, 0.3) is 10.0 Å². The van der Waals surface area contributed by atoms with Gasteiger partial charge in [0.1, 0.15) is 16.2 Å². The summed E-state index contributed by atoms with van der Waals surface area (Å²) in [6.07, 6.45) is -0.868. The van der Waals surface area contributed by atoms with Gasteiger partial charge in [-0.25, -0.2) is 8.42 Å². The zero-order valence-electron chi connectivity index (χ0n) is 15.7. The van der Waals surface area contributed by atoms with Gasteiger partial charge in [-0.05, 0) is 17.5 Å². The minimum absolute atomic E-state index is 0.120. The third-order valence-corrected chi connectivity index (χ3v) is 7.54. The number of para-hydroxylation sites is 1. The highest BCUT2D eigenvalue weighted by Crippen LogP contribution is 2.25. The van der Waals surface area contributed by atoms with Crippen molar-refractivity contribution in [3.8, 4) is 5.75 Å². The fraction of sp³-hybridized carbons (Fsp3) is 0.333. The molecule has 2 N–H and O–H groups in total. The Morgan fingerprint density at radius 1 is 1.21 bits per heavy atom. The van der Waals surface area contributed by atoms with Crippen molar-refractivity contribution in [1.82, 2.24) is 14.9 Å². The minimum Gasteiger partial charge on any atom is -0.496 e. The molecule has 1 aromatic carbocycles. The van der Waals surface area contributed by atoms with Crippen LogP contribution >= 0.6 is 11.3 Å². The summed E-state index contributed by atoms with van der Waals surface area (Å²) >= 11 is 1.11. The molecule has 29 heavy (non-hydrogen) atoms. The smallest absolute Gasteiger partial charge is 0.309 e. The first-order valence-corrected chi connectivity index (χ1v) is 11.1. The second-order valence-electron chi connectivity index (χ2n) is 6.08. The van der Waals surface area contributed by atoms with Crippen molar-refractivity contribution in [2.45, 2.75) is 17.0 Å². The van der Waals surface area contributed by atoms with E-state index in [0.717, 1.165) is 16.9 Å². The van der Waals surface area contributed by atoms with Crippen LogP contribution in [0, 0.1) is 0 Å². The number of amides is 2. The SMILES string of the molecule is COc1ccccc1CNC(=O)C(=O)NC[C@@H]1OCCN1S(=O)(=O)c1cccs1. The Labute approximate surface area is 172 Å². The highest BCUT2D eigenvalue weighted by Gasteiger charge is 2.37. The van der Waals surface area contributed by atoms with E-state index in [0.29, 0.717) is 5.75 Å². The van der Waals surface area contributed by atoms with Crippen molar-refractivity contribution in [3.63, 3.8) is 0 Å². The van der Waals surface area contributed by atoms with Gasteiger partial charge in [-0.1, -0.05) is 24.3 Å². The molecule has 0 spiro atoms. The highest BCUT2D eigenvalue weighted by atomic mass is 32.2. The number of thiophene rings is 1. The van der Waals surface area contributed by atoms with Crippen LogP contribution in [-0.2, 0) is 30.9 Å². The number of carbonyl (C=O) groups is 2. The zero-order valence-corrected chi connectivity index (χ0v) is 17.3. The van der Waals surface area contributed by atoms with E-state index in [9.17, 15) is 18.0 Å². The van der Waals surface area contributed by atoms with Crippen LogP contribution in [0.5, 0.6) is 5.75 Å². The van der Waals surface area contributed by atoms with E-state index < -0.39 is 28.1 Å². The predicted molar refractivity (Wildman–Crippen MR) is 106 cm³/mol. The van der Waals surface area contributed by atoms with E-state index in [1.54, 1.807) is 35.7 Å². The predicted octanol–water partition coefficient (Wildman–Crippen LogP) is 0.536. The fourth-order valence-corrected chi connectivity index (χ4v) is 5.46. The molecule has 1 atom stereocenters. The lowest BCUT2D eigenvalue weighted by atomic mass is 10.2. The number of sulfonamides is 1. The Hall–Kier alpha value is -2.47. The average Bonchev–Trinajstić information content (AvgIpc) is 3.43. The summed E-state index contributed by atoms with van der Waals surface area (Å²) in [5, 5.41) is 6.61. The minimum atomic E-state index is -3.71. The number of rotatable bonds is 7. The van der Waals surface area contributed by atoms with Crippen molar-refractivity contribution in [2.75, 3.05) is 26.8 Å². The average molecular weight is 440 g/mol. The van der Waals surface area contributed by atoms with Crippen LogP contribution in [0.25, 0.3) is 0 Å². The van der Waals surface area contributed by atoms with Gasteiger partial charge in [0.2, 0.25) is 0 Å². The van der Waals surface area contributed by atoms with E-state index in [-0.39, 0.29) is 30.5 Å². The van der Waals surface area contributed by atoms with Gasteiger partial charge in [0, 0.05) is 18.7 Å². The van der Waals surface area contributed by atoms with Gasteiger partial charge < -0.3 is 20.1 Å². The van der Waals surface area contributed by atoms with E-state index in [4.69, 9.17) is 9.47 Å². The van der Waals surface area contributed by atoms with Crippen LogP contribution in [0.1, 0.15) is 5.56 Å². The lowest BCUT2D eigenvalue weighted by Gasteiger charge is -2.22. The first-order chi connectivity index (χ1) is 13.9. The molecule has 1 aliphatic heterocycles. The summed E-state index contributed by atoms with van der Waals surface area (Å²) in [5.74, 6) is -1.10. The maximum Gasteiger partial charge on any atom is 0.309 e. The van der Waals surface area contributed by atoms with E-state index in [1.165, 1.54) is 17.5 Å². The first-order valence-electron chi connectivity index (χ1n) is 8.78. The fourth-order valence-electron chi connectivity index (χ4n) is 2.83. The van der Waals surface area contributed by atoms with Crippen molar-refractivity contribution < 1.29 is 27.5 Å². The second-order valence-corrected chi connectivity index (χ2v) is 9.14. The number of benzene rings is 1. The van der Waals surface area contributed by atoms with E-state index >= 15 is 0 Å². The van der Waals surface area contributed by atoms with Crippen molar-refractivity contribution in [1.29, 1.82) is 0 Å². The van der Waals surface area contributed by atoms with Crippen LogP contribution in [0.3, 0.4) is 0 Å². The molecule has 156 valence electrons. The molecule has 1 fully saturated rings. The Kier molecular flexibility index (Phi) is 6.85. The number of hydrogen-bond acceptors (Lipinski definition) is 7. The largest absolute Gasteiger partial charge is 0.496 e. The Bertz CT molecular complexity index is 962. The summed E-state index contributed by atoms with van der Waals surface area (Å²) in [6, 6.07) is 10.3. The molecule has 0 saturated carbocycles. The van der Waals surface area contributed by atoms with Crippen LogP contribution in [-0.4, -0.2) is 57.6 Å². The summed E-state index contributed by atoms with van der Waals surface area (Å²) in [6.45, 7) is 0.381. The number of methoxy groups -OCH3 is 1. The standard InChI is InChI=1S/C18H21N3O6S2/c1-26-14-6-3-2-5-13(14)11-19-17(22)18(23)20-12-15-21(8-9-27-15)29(24,25)16-7-4-10-28-16/h2-7,10,15H,8-9,11-12H2,1H3,(H,19,22)(H,20,23)/t15-/m0/s1. The molecule has 3 rings (SSSR count). The molecular weight excluding hydrogens is 418 g/mol. The number of nitrogens with one attached hydrogen (secondary N) is 2. The summed E-state index contributed by atoms with van der Waals surface area (Å²) in [5.41, 5.74) is 0.725. The molecule has 2 aromatic rings. The van der Waals surface area contributed by atoms with Crippen LogP contribution in [0.4, 0.5) is 0 Å². The molecule has 1 aliphatic rings. The third kappa shape index (κ3) is 4.93. The molecule has 0 unspecified atom stereocenters. The molecule has 2 amide bonds. The Balaban J connectivity index is 1.53. The van der Waals surface area contributed by atoms with Crippen molar-refractivity contribution >= 4 is 33.2 Å². The topological polar surface area (TPSA) is 114 Å². The quantitative estimate of drug-likeness (QED) is 0.609. The molecule has 2 heterocycles. The third-order valence-electron chi connectivity index (χ3n) is 4.28. The molecule has 0 bridgehead atoms. The highest BCUT2D eigenvalue weighted by molar-refractivity contribution is 7.91. The Morgan fingerprint density at radius 2 is 1.97 bits per heavy atom. The van der Waals surface area contributed by atoms with Gasteiger partial charge >= 0.3 is 11.8 Å². The number of carbonyl (C=O) groups excluding carboxylic acids is 2. The maximum atomic E-state index is 12.7. The molecule has 1 saturated heterocycles. The first kappa shape index (κ1) is 21.2. The van der Waals surface area contributed by atoms with E-state index in [1.807, 2.05) is 0 Å². The van der Waals surface area contributed by atoms with Crippen LogP contribution in [0.2, 0.25) is 0 Å². The maximum absolute atomic E-state index is 12.7. The van der Waals surface area contributed by atoms with E-state index in [2.05, 4.69) is 10.6 Å². The van der Waals surface area contributed by atoms with Gasteiger partial charge in [-0.15, -0.1) is 11.3 Å². The molecule has 11 heteroatoms. The van der Waals surface area contributed by atoms with Crippen molar-refractivity contribution in [3.05, 3.63) is 47.3 Å². The molecule has 0 radical (unpaired) electrons. The number of ether oxygens (including phenoxy) is 2. The van der Waals surface area contributed by atoms with Crippen LogP contribution < -0.4 is 15.4 Å². The molecule has 0 aliphatic carbocycles. The lowest BCUT2D eigenvalue weighted by molar-refractivity contribution is -0.139. The summed E-state index contributed by atoms with van der Waals surface area (Å²) in [7, 11) is -2.19. The zero-order chi connectivity index (χ0) is 20.9. The molecule has 9 nitrogen and oxygen atoms in total. The monoisotopic (exact) mass is 439 g/mol. The normalized spacial score (nSPS) is 17.1. The second kappa shape index (κ2) is 9.35. The molecular formula is C18H21N3O6S2. The van der Waals surface area contributed by atoms with Gasteiger partial charge in [0.15, 0.2) is 0 Å². The number of nitrogens with zero attached hydrogens (tertiary/aromatic N) is 1. The number of hydrogen-bond donors (Lipinski definition) is 2. The van der Waals surface area contributed by atoms with Crippen molar-refractivity contribution in [2.24, 2.45) is 0 Å². The lowest BCUT2D eigenvalue weighted by Crippen LogP contribution is -2.47. The van der Waals surface area contributed by atoms with Gasteiger partial charge in [0.05, 0.1) is 20.3 Å². The van der Waals surface area contributed by atoms with Crippen LogP contribution in [0.15, 0.2) is 46.0 Å². The van der Waals surface area contributed by atoms with Gasteiger partial charge in [-0.3, -0.25) is 9.59 Å². The summed E-state index contributed by atoms with van der Waals surface area (Å²) < 4.78 is 37.3.